The Labute approximate surface area is 126 Å². The van der Waals surface area contributed by atoms with Crippen LogP contribution in [0.2, 0.25) is 0 Å². The molecule has 0 atom stereocenters. The highest BCUT2D eigenvalue weighted by Crippen LogP contribution is 2.36. The molecule has 104 valence electrons. The van der Waals surface area contributed by atoms with Crippen LogP contribution in [0.1, 0.15) is 5.56 Å². The fourth-order valence-corrected chi connectivity index (χ4v) is 2.87. The van der Waals surface area contributed by atoms with Crippen molar-refractivity contribution in [2.24, 2.45) is 10.9 Å². The maximum absolute atomic E-state index is 14.0. The lowest BCUT2D eigenvalue weighted by Gasteiger charge is -2.08. The van der Waals surface area contributed by atoms with Gasteiger partial charge in [-0.25, -0.2) is 8.78 Å². The molecule has 0 saturated heterocycles. The van der Waals surface area contributed by atoms with Crippen molar-refractivity contribution in [3.8, 4) is 0 Å². The van der Waals surface area contributed by atoms with E-state index in [1.54, 1.807) is 18.2 Å². The van der Waals surface area contributed by atoms with Crippen molar-refractivity contribution in [2.75, 3.05) is 0 Å². The van der Waals surface area contributed by atoms with E-state index in [2.05, 4.69) is 21.1 Å². The summed E-state index contributed by atoms with van der Waals surface area (Å²) >= 11 is 4.27. The molecule has 7 heteroatoms. The molecular formula is C13H9BrF2N2OS. The van der Waals surface area contributed by atoms with Gasteiger partial charge in [0.15, 0.2) is 5.84 Å². The lowest BCUT2D eigenvalue weighted by atomic mass is 10.2. The molecule has 2 aromatic carbocycles. The summed E-state index contributed by atoms with van der Waals surface area (Å²) in [5.74, 6) is -1.89. The number of hydrogen-bond acceptors (Lipinski definition) is 3. The minimum Gasteiger partial charge on any atom is -0.409 e. The van der Waals surface area contributed by atoms with E-state index < -0.39 is 11.6 Å². The molecule has 0 heterocycles. The molecule has 0 amide bonds. The van der Waals surface area contributed by atoms with Crippen molar-refractivity contribution >= 4 is 33.5 Å². The number of nitrogens with zero attached hydrogens (tertiary/aromatic N) is 1. The van der Waals surface area contributed by atoms with Crippen molar-refractivity contribution < 1.29 is 14.0 Å². The molecule has 0 aliphatic heterocycles. The quantitative estimate of drug-likeness (QED) is 0.377. The Kier molecular flexibility index (Phi) is 4.61. The summed E-state index contributed by atoms with van der Waals surface area (Å²) < 4.78 is 28.7. The second-order valence-electron chi connectivity index (χ2n) is 3.79. The predicted octanol–water partition coefficient (Wildman–Crippen LogP) is 3.97. The zero-order valence-corrected chi connectivity index (χ0v) is 12.4. The first-order chi connectivity index (χ1) is 9.52. The second-order valence-corrected chi connectivity index (χ2v) is 5.69. The first-order valence-electron chi connectivity index (χ1n) is 5.42. The Bertz CT molecular complexity index is 656. The lowest BCUT2D eigenvalue weighted by Crippen LogP contribution is -2.14. The third-order valence-corrected chi connectivity index (χ3v) is 4.57. The Balaban J connectivity index is 2.41. The number of nitrogens with two attached hydrogens (primary N) is 1. The minimum atomic E-state index is -0.771. The second kappa shape index (κ2) is 6.23. The van der Waals surface area contributed by atoms with Gasteiger partial charge in [0.05, 0.1) is 4.90 Å². The first-order valence-corrected chi connectivity index (χ1v) is 7.03. The van der Waals surface area contributed by atoms with Crippen LogP contribution in [0.5, 0.6) is 0 Å². The molecule has 0 aromatic heterocycles. The zero-order chi connectivity index (χ0) is 14.7. The van der Waals surface area contributed by atoms with Crippen molar-refractivity contribution in [2.45, 2.75) is 9.79 Å². The molecule has 0 unspecified atom stereocenters. The SMILES string of the molecule is N/C(=N/O)c1cc(F)c(Sc2ccccc2Br)c(F)c1. The summed E-state index contributed by atoms with van der Waals surface area (Å²) in [5.41, 5.74) is 5.30. The molecule has 0 bridgehead atoms. The van der Waals surface area contributed by atoms with Crippen LogP contribution in [0.4, 0.5) is 8.78 Å². The lowest BCUT2D eigenvalue weighted by molar-refractivity contribution is 0.318. The van der Waals surface area contributed by atoms with Gasteiger partial charge < -0.3 is 10.9 Å². The number of halogens is 3. The molecule has 0 saturated carbocycles. The normalized spacial score (nSPS) is 11.7. The van der Waals surface area contributed by atoms with Crippen LogP contribution in [-0.4, -0.2) is 11.0 Å². The fraction of sp³-hybridized carbons (Fsp3) is 0. The Morgan fingerprint density at radius 2 is 1.80 bits per heavy atom. The average Bonchev–Trinajstić information content (AvgIpc) is 2.43. The van der Waals surface area contributed by atoms with Gasteiger partial charge in [0, 0.05) is 14.9 Å². The van der Waals surface area contributed by atoms with Gasteiger partial charge in [0.25, 0.3) is 0 Å². The van der Waals surface area contributed by atoms with Gasteiger partial charge in [-0.15, -0.1) is 0 Å². The number of hydrogen-bond donors (Lipinski definition) is 2. The number of rotatable bonds is 3. The van der Waals surface area contributed by atoms with Crippen LogP contribution in [-0.2, 0) is 0 Å². The van der Waals surface area contributed by atoms with Crippen molar-refractivity contribution in [3.05, 3.63) is 58.1 Å². The van der Waals surface area contributed by atoms with E-state index in [0.717, 1.165) is 28.4 Å². The summed E-state index contributed by atoms with van der Waals surface area (Å²) in [7, 11) is 0. The van der Waals surface area contributed by atoms with E-state index in [0.29, 0.717) is 4.90 Å². The van der Waals surface area contributed by atoms with E-state index in [-0.39, 0.29) is 16.3 Å². The van der Waals surface area contributed by atoms with Crippen molar-refractivity contribution in [1.82, 2.24) is 0 Å². The molecule has 2 rings (SSSR count). The highest BCUT2D eigenvalue weighted by atomic mass is 79.9. The third kappa shape index (κ3) is 3.10. The zero-order valence-electron chi connectivity index (χ0n) is 9.98. The molecule has 2 aromatic rings. The van der Waals surface area contributed by atoms with Crippen LogP contribution < -0.4 is 5.73 Å². The Hall–Kier alpha value is -1.60. The van der Waals surface area contributed by atoms with Gasteiger partial charge >= 0.3 is 0 Å². The molecule has 0 fully saturated rings. The van der Waals surface area contributed by atoms with Gasteiger partial charge in [0.2, 0.25) is 0 Å². The summed E-state index contributed by atoms with van der Waals surface area (Å²) in [6.07, 6.45) is 0. The van der Waals surface area contributed by atoms with Gasteiger partial charge in [0.1, 0.15) is 11.6 Å². The average molecular weight is 359 g/mol. The van der Waals surface area contributed by atoms with Gasteiger partial charge in [-0.3, -0.25) is 0 Å². The Morgan fingerprint density at radius 3 is 2.35 bits per heavy atom. The maximum Gasteiger partial charge on any atom is 0.170 e. The smallest absolute Gasteiger partial charge is 0.170 e. The number of benzene rings is 2. The number of amidine groups is 1. The maximum atomic E-state index is 14.0. The fourth-order valence-electron chi connectivity index (χ4n) is 1.50. The van der Waals surface area contributed by atoms with Gasteiger partial charge in [-0.2, -0.15) is 0 Å². The minimum absolute atomic E-state index is 0.0148. The van der Waals surface area contributed by atoms with Gasteiger partial charge in [-0.05, 0) is 40.2 Å². The van der Waals surface area contributed by atoms with Crippen molar-refractivity contribution in [1.29, 1.82) is 0 Å². The van der Waals surface area contributed by atoms with E-state index in [9.17, 15) is 8.78 Å². The van der Waals surface area contributed by atoms with Crippen LogP contribution in [0.3, 0.4) is 0 Å². The topological polar surface area (TPSA) is 58.6 Å². The highest BCUT2D eigenvalue weighted by molar-refractivity contribution is 9.10. The standard InChI is InChI=1S/C13H9BrF2N2OS/c14-8-3-1-2-4-11(8)20-12-9(15)5-7(6-10(12)16)13(17)18-19/h1-6,19H,(H2,17,18). The molecular weight excluding hydrogens is 350 g/mol. The monoisotopic (exact) mass is 358 g/mol. The van der Waals surface area contributed by atoms with Crippen LogP contribution in [0.25, 0.3) is 0 Å². The molecule has 3 nitrogen and oxygen atoms in total. The molecule has 3 N–H and O–H groups in total. The van der Waals surface area contributed by atoms with Crippen LogP contribution in [0.15, 0.2) is 55.8 Å². The third-order valence-electron chi connectivity index (χ3n) is 2.45. The summed E-state index contributed by atoms with van der Waals surface area (Å²) in [4.78, 5) is 0.535. The van der Waals surface area contributed by atoms with Crippen LogP contribution >= 0.6 is 27.7 Å². The van der Waals surface area contributed by atoms with Gasteiger partial charge in [-0.1, -0.05) is 29.1 Å². The summed E-state index contributed by atoms with van der Waals surface area (Å²) in [6.45, 7) is 0. The van der Waals surface area contributed by atoms with E-state index >= 15 is 0 Å². The first kappa shape index (κ1) is 14.8. The van der Waals surface area contributed by atoms with Crippen molar-refractivity contribution in [3.63, 3.8) is 0 Å². The van der Waals surface area contributed by atoms with E-state index in [1.165, 1.54) is 0 Å². The summed E-state index contributed by atoms with van der Waals surface area (Å²) in [5, 5.41) is 11.2. The van der Waals surface area contributed by atoms with E-state index in [4.69, 9.17) is 10.9 Å². The highest BCUT2D eigenvalue weighted by Gasteiger charge is 2.15. The Morgan fingerprint density at radius 1 is 1.20 bits per heavy atom. The molecule has 0 radical (unpaired) electrons. The number of oxime groups is 1. The molecule has 0 aliphatic rings. The molecule has 20 heavy (non-hydrogen) atoms. The predicted molar refractivity (Wildman–Crippen MR) is 77.1 cm³/mol. The molecule has 0 spiro atoms. The van der Waals surface area contributed by atoms with E-state index in [1.807, 2.05) is 6.07 Å². The largest absolute Gasteiger partial charge is 0.409 e. The van der Waals surface area contributed by atoms with Crippen LogP contribution in [0, 0.1) is 11.6 Å². The molecule has 0 aliphatic carbocycles. The summed E-state index contributed by atoms with van der Waals surface area (Å²) in [6, 6.07) is 9.15.